The molecule has 1 fully saturated rings. The third kappa shape index (κ3) is 2.69. The monoisotopic (exact) mass is 333 g/mol. The predicted octanol–water partition coefficient (Wildman–Crippen LogP) is 3.73. The summed E-state index contributed by atoms with van der Waals surface area (Å²) in [5.74, 6) is 1.12. The minimum absolute atomic E-state index is 0.400. The third-order valence-electron chi connectivity index (χ3n) is 3.69. The Labute approximate surface area is 126 Å². The van der Waals surface area contributed by atoms with Crippen LogP contribution in [0.3, 0.4) is 0 Å². The highest BCUT2D eigenvalue weighted by Gasteiger charge is 2.35. The van der Waals surface area contributed by atoms with Gasteiger partial charge in [-0.25, -0.2) is 0 Å². The first-order valence-corrected chi connectivity index (χ1v) is 7.52. The Morgan fingerprint density at radius 1 is 1.20 bits per heavy atom. The number of nitrogens with two attached hydrogens (primary N) is 1. The van der Waals surface area contributed by atoms with Crippen molar-refractivity contribution in [3.05, 3.63) is 46.0 Å². The first-order valence-electron chi connectivity index (χ1n) is 6.73. The van der Waals surface area contributed by atoms with E-state index in [9.17, 15) is 0 Å². The lowest BCUT2D eigenvalue weighted by Crippen LogP contribution is -2.34. The summed E-state index contributed by atoms with van der Waals surface area (Å²) in [6.45, 7) is 0. The van der Waals surface area contributed by atoms with Crippen LogP contribution in [0.25, 0.3) is 12.2 Å². The Bertz CT molecular complexity index is 630. The van der Waals surface area contributed by atoms with Gasteiger partial charge in [0, 0.05) is 10.5 Å². The minimum Gasteiger partial charge on any atom is -0.335 e. The number of benzene rings is 1. The van der Waals surface area contributed by atoms with E-state index < -0.39 is 5.54 Å². The van der Waals surface area contributed by atoms with E-state index in [1.165, 1.54) is 0 Å². The first-order chi connectivity index (χ1) is 9.67. The molecule has 0 spiro atoms. The van der Waals surface area contributed by atoms with Gasteiger partial charge in [0.05, 0.1) is 5.54 Å². The Hall–Kier alpha value is -1.46. The lowest BCUT2D eigenvalue weighted by Gasteiger charge is -2.17. The molecular weight excluding hydrogens is 318 g/mol. The molecule has 1 aliphatic carbocycles. The van der Waals surface area contributed by atoms with Crippen molar-refractivity contribution >= 4 is 28.1 Å². The summed E-state index contributed by atoms with van der Waals surface area (Å²) in [6, 6.07) is 7.97. The standard InChI is InChI=1S/C15H16BrN3O/c16-12-6-2-1-5-11(12)7-8-13-18-14(19-20-13)15(17)9-3-4-10-15/h1-2,5-8H,3-4,9-10,17H2/b8-7+. The van der Waals surface area contributed by atoms with Crippen molar-refractivity contribution < 1.29 is 4.52 Å². The normalized spacial score (nSPS) is 17.9. The summed E-state index contributed by atoms with van der Waals surface area (Å²) in [5.41, 5.74) is 6.97. The van der Waals surface area contributed by atoms with Crippen LogP contribution in [0.2, 0.25) is 0 Å². The predicted molar refractivity (Wildman–Crippen MR) is 81.7 cm³/mol. The van der Waals surface area contributed by atoms with Gasteiger partial charge < -0.3 is 10.3 Å². The van der Waals surface area contributed by atoms with Crippen LogP contribution >= 0.6 is 15.9 Å². The van der Waals surface area contributed by atoms with Gasteiger partial charge in [0.1, 0.15) is 0 Å². The molecule has 5 heteroatoms. The molecule has 0 amide bonds. The van der Waals surface area contributed by atoms with Gasteiger partial charge in [-0.3, -0.25) is 0 Å². The lowest BCUT2D eigenvalue weighted by molar-refractivity contribution is 0.364. The fourth-order valence-electron chi connectivity index (χ4n) is 2.51. The smallest absolute Gasteiger partial charge is 0.250 e. The second kappa shape index (κ2) is 5.50. The van der Waals surface area contributed by atoms with E-state index in [1.54, 1.807) is 0 Å². The number of nitrogens with zero attached hydrogens (tertiary/aromatic N) is 2. The molecule has 2 N–H and O–H groups in total. The van der Waals surface area contributed by atoms with Crippen LogP contribution in [0.1, 0.15) is 43.0 Å². The Morgan fingerprint density at radius 2 is 1.95 bits per heavy atom. The van der Waals surface area contributed by atoms with Crippen LogP contribution in [0, 0.1) is 0 Å². The molecule has 20 heavy (non-hydrogen) atoms. The summed E-state index contributed by atoms with van der Waals surface area (Å²) in [5, 5.41) is 4.03. The van der Waals surface area contributed by atoms with Crippen LogP contribution in [-0.4, -0.2) is 10.1 Å². The largest absolute Gasteiger partial charge is 0.335 e. The highest BCUT2D eigenvalue weighted by molar-refractivity contribution is 9.10. The molecule has 0 saturated heterocycles. The number of hydrogen-bond donors (Lipinski definition) is 1. The first kappa shape index (κ1) is 13.5. The lowest BCUT2D eigenvalue weighted by atomic mass is 9.99. The maximum Gasteiger partial charge on any atom is 0.250 e. The van der Waals surface area contributed by atoms with E-state index in [0.717, 1.165) is 35.7 Å². The molecule has 2 aromatic rings. The summed E-state index contributed by atoms with van der Waals surface area (Å²) in [4.78, 5) is 4.40. The Morgan fingerprint density at radius 3 is 2.70 bits per heavy atom. The summed E-state index contributed by atoms with van der Waals surface area (Å²) >= 11 is 3.50. The van der Waals surface area contributed by atoms with Crippen molar-refractivity contribution in [3.8, 4) is 0 Å². The molecule has 1 aromatic carbocycles. The van der Waals surface area contributed by atoms with Crippen LogP contribution in [-0.2, 0) is 5.54 Å². The molecule has 0 unspecified atom stereocenters. The summed E-state index contributed by atoms with van der Waals surface area (Å²) in [7, 11) is 0. The molecule has 4 nitrogen and oxygen atoms in total. The van der Waals surface area contributed by atoms with E-state index in [2.05, 4.69) is 26.1 Å². The second-order valence-corrected chi connectivity index (χ2v) is 6.03. The molecule has 1 saturated carbocycles. The van der Waals surface area contributed by atoms with Crippen molar-refractivity contribution in [1.29, 1.82) is 0 Å². The molecule has 1 aliphatic rings. The van der Waals surface area contributed by atoms with Crippen molar-refractivity contribution in [2.45, 2.75) is 31.2 Å². The zero-order chi connectivity index (χ0) is 14.0. The zero-order valence-electron chi connectivity index (χ0n) is 11.1. The van der Waals surface area contributed by atoms with E-state index >= 15 is 0 Å². The minimum atomic E-state index is -0.400. The van der Waals surface area contributed by atoms with E-state index in [4.69, 9.17) is 10.3 Å². The molecule has 104 valence electrons. The van der Waals surface area contributed by atoms with E-state index in [-0.39, 0.29) is 0 Å². The zero-order valence-corrected chi connectivity index (χ0v) is 12.6. The van der Waals surface area contributed by atoms with Crippen molar-refractivity contribution in [2.75, 3.05) is 0 Å². The fraction of sp³-hybridized carbons (Fsp3) is 0.333. The molecule has 3 rings (SSSR count). The number of hydrogen-bond acceptors (Lipinski definition) is 4. The molecule has 0 aliphatic heterocycles. The maximum absolute atomic E-state index is 6.31. The Kier molecular flexibility index (Phi) is 3.72. The molecule has 1 heterocycles. The molecule has 0 radical (unpaired) electrons. The van der Waals surface area contributed by atoms with Gasteiger partial charge in [-0.1, -0.05) is 52.1 Å². The van der Waals surface area contributed by atoms with Crippen LogP contribution in [0.5, 0.6) is 0 Å². The van der Waals surface area contributed by atoms with Crippen LogP contribution in [0.15, 0.2) is 33.3 Å². The molecule has 0 atom stereocenters. The van der Waals surface area contributed by atoms with Gasteiger partial charge in [0.25, 0.3) is 5.89 Å². The summed E-state index contributed by atoms with van der Waals surface area (Å²) < 4.78 is 6.29. The molecule has 1 aromatic heterocycles. The maximum atomic E-state index is 6.31. The van der Waals surface area contributed by atoms with Gasteiger partial charge in [-0.05, 0) is 30.5 Å². The summed E-state index contributed by atoms with van der Waals surface area (Å²) in [6.07, 6.45) is 7.88. The average molecular weight is 334 g/mol. The number of rotatable bonds is 3. The SMILES string of the molecule is NC1(c2noc(/C=C/c3ccccc3Br)n2)CCCC1. The van der Waals surface area contributed by atoms with Gasteiger partial charge in [0.2, 0.25) is 0 Å². The van der Waals surface area contributed by atoms with Gasteiger partial charge in [-0.2, -0.15) is 4.98 Å². The topological polar surface area (TPSA) is 64.9 Å². The van der Waals surface area contributed by atoms with Crippen molar-refractivity contribution in [3.63, 3.8) is 0 Å². The fourth-order valence-corrected chi connectivity index (χ4v) is 2.92. The van der Waals surface area contributed by atoms with Crippen LogP contribution < -0.4 is 5.73 Å². The highest BCUT2D eigenvalue weighted by atomic mass is 79.9. The molecular formula is C15H16BrN3O. The van der Waals surface area contributed by atoms with Crippen LogP contribution in [0.4, 0.5) is 0 Å². The Balaban J connectivity index is 1.79. The van der Waals surface area contributed by atoms with Gasteiger partial charge >= 0.3 is 0 Å². The number of halogens is 1. The quantitative estimate of drug-likeness (QED) is 0.929. The highest BCUT2D eigenvalue weighted by Crippen LogP contribution is 2.34. The average Bonchev–Trinajstić information content (AvgIpc) is 3.08. The second-order valence-electron chi connectivity index (χ2n) is 5.17. The van der Waals surface area contributed by atoms with Gasteiger partial charge in [0.15, 0.2) is 5.82 Å². The molecule has 0 bridgehead atoms. The number of aromatic nitrogens is 2. The van der Waals surface area contributed by atoms with E-state index in [1.807, 2.05) is 36.4 Å². The van der Waals surface area contributed by atoms with Gasteiger partial charge in [-0.15, -0.1) is 0 Å². The van der Waals surface area contributed by atoms with Crippen molar-refractivity contribution in [1.82, 2.24) is 10.1 Å². The van der Waals surface area contributed by atoms with E-state index in [0.29, 0.717) is 11.7 Å². The third-order valence-corrected chi connectivity index (χ3v) is 4.42. The van der Waals surface area contributed by atoms with Crippen molar-refractivity contribution in [2.24, 2.45) is 5.73 Å².